The van der Waals surface area contributed by atoms with E-state index in [1.807, 2.05) is 0 Å². The van der Waals surface area contributed by atoms with Gasteiger partial charge in [0.1, 0.15) is 0 Å². The molecule has 2 heteroatoms. The maximum Gasteiger partial charge on any atom is 0.0935 e. The van der Waals surface area contributed by atoms with Gasteiger partial charge in [-0.25, -0.2) is 0 Å². The summed E-state index contributed by atoms with van der Waals surface area (Å²) in [4.78, 5) is 0. The SMILES string of the molecule is CC[C@@]1(C)OCCOC1(C)C. The second-order valence-corrected chi connectivity index (χ2v) is 3.79. The highest BCUT2D eigenvalue weighted by Crippen LogP contribution is 2.34. The van der Waals surface area contributed by atoms with Gasteiger partial charge in [0.25, 0.3) is 0 Å². The van der Waals surface area contributed by atoms with Crippen LogP contribution in [-0.4, -0.2) is 24.4 Å². The third kappa shape index (κ3) is 1.42. The average molecular weight is 158 g/mol. The summed E-state index contributed by atoms with van der Waals surface area (Å²) in [6, 6.07) is 0. The second-order valence-electron chi connectivity index (χ2n) is 3.79. The Morgan fingerprint density at radius 2 is 1.64 bits per heavy atom. The van der Waals surface area contributed by atoms with E-state index in [-0.39, 0.29) is 11.2 Å². The maximum absolute atomic E-state index is 5.70. The Hall–Kier alpha value is -0.0800. The molecule has 66 valence electrons. The molecular weight excluding hydrogens is 140 g/mol. The lowest BCUT2D eigenvalue weighted by atomic mass is 9.84. The molecule has 1 fully saturated rings. The van der Waals surface area contributed by atoms with E-state index in [0.29, 0.717) is 0 Å². The number of hydrogen-bond donors (Lipinski definition) is 0. The summed E-state index contributed by atoms with van der Waals surface area (Å²) in [6.45, 7) is 9.89. The van der Waals surface area contributed by atoms with E-state index in [4.69, 9.17) is 9.47 Å². The average Bonchev–Trinajstić information content (AvgIpc) is 1.95. The molecule has 0 aromatic rings. The molecule has 1 saturated heterocycles. The summed E-state index contributed by atoms with van der Waals surface area (Å²) in [6.07, 6.45) is 1.00. The van der Waals surface area contributed by atoms with Gasteiger partial charge >= 0.3 is 0 Å². The molecular formula is C9H18O2. The van der Waals surface area contributed by atoms with Crippen LogP contribution in [0.3, 0.4) is 0 Å². The van der Waals surface area contributed by atoms with Crippen LogP contribution in [0.25, 0.3) is 0 Å². The molecule has 0 spiro atoms. The van der Waals surface area contributed by atoms with Crippen molar-refractivity contribution in [3.63, 3.8) is 0 Å². The Bertz CT molecular complexity index is 142. The van der Waals surface area contributed by atoms with Gasteiger partial charge in [0.05, 0.1) is 24.4 Å². The zero-order valence-corrected chi connectivity index (χ0v) is 7.94. The van der Waals surface area contributed by atoms with Gasteiger partial charge in [-0.3, -0.25) is 0 Å². The monoisotopic (exact) mass is 158 g/mol. The number of hydrogen-bond acceptors (Lipinski definition) is 2. The highest BCUT2D eigenvalue weighted by Gasteiger charge is 2.44. The van der Waals surface area contributed by atoms with Gasteiger partial charge in [0.15, 0.2) is 0 Å². The van der Waals surface area contributed by atoms with Crippen LogP contribution in [0.15, 0.2) is 0 Å². The first-order valence-electron chi connectivity index (χ1n) is 4.30. The molecule has 2 nitrogen and oxygen atoms in total. The molecule has 1 aliphatic heterocycles. The molecule has 0 amide bonds. The van der Waals surface area contributed by atoms with E-state index in [9.17, 15) is 0 Å². The number of rotatable bonds is 1. The van der Waals surface area contributed by atoms with Gasteiger partial charge in [0.2, 0.25) is 0 Å². The molecule has 1 rings (SSSR count). The zero-order valence-electron chi connectivity index (χ0n) is 7.94. The van der Waals surface area contributed by atoms with Gasteiger partial charge in [0, 0.05) is 0 Å². The van der Waals surface area contributed by atoms with E-state index in [0.717, 1.165) is 19.6 Å². The number of ether oxygens (including phenoxy) is 2. The van der Waals surface area contributed by atoms with Crippen LogP contribution in [0.2, 0.25) is 0 Å². The Kier molecular flexibility index (Phi) is 2.26. The Labute approximate surface area is 68.9 Å². The summed E-state index contributed by atoms with van der Waals surface area (Å²) in [7, 11) is 0. The minimum absolute atomic E-state index is 0.106. The lowest BCUT2D eigenvalue weighted by Gasteiger charge is -2.46. The van der Waals surface area contributed by atoms with Crippen molar-refractivity contribution in [2.75, 3.05) is 13.2 Å². The van der Waals surface area contributed by atoms with Gasteiger partial charge in [-0.1, -0.05) is 6.92 Å². The molecule has 0 saturated carbocycles. The maximum atomic E-state index is 5.70. The quantitative estimate of drug-likeness (QED) is 0.581. The largest absolute Gasteiger partial charge is 0.370 e. The molecule has 0 aromatic carbocycles. The van der Waals surface area contributed by atoms with E-state index < -0.39 is 0 Å². The van der Waals surface area contributed by atoms with E-state index in [1.54, 1.807) is 0 Å². The van der Waals surface area contributed by atoms with Crippen molar-refractivity contribution in [2.45, 2.75) is 45.3 Å². The first kappa shape index (κ1) is 9.01. The summed E-state index contributed by atoms with van der Waals surface area (Å²) >= 11 is 0. The fraction of sp³-hybridized carbons (Fsp3) is 1.00. The van der Waals surface area contributed by atoms with E-state index in [1.165, 1.54) is 0 Å². The van der Waals surface area contributed by atoms with Gasteiger partial charge in [-0.2, -0.15) is 0 Å². The minimum atomic E-state index is -0.139. The molecule has 0 aliphatic carbocycles. The highest BCUT2D eigenvalue weighted by atomic mass is 16.6. The summed E-state index contributed by atoms with van der Waals surface area (Å²) in [5.74, 6) is 0. The highest BCUT2D eigenvalue weighted by molar-refractivity contribution is 4.94. The predicted octanol–water partition coefficient (Wildman–Crippen LogP) is 1.98. The van der Waals surface area contributed by atoms with Gasteiger partial charge < -0.3 is 9.47 Å². The van der Waals surface area contributed by atoms with E-state index in [2.05, 4.69) is 27.7 Å². The fourth-order valence-corrected chi connectivity index (χ4v) is 1.42. The van der Waals surface area contributed by atoms with Crippen molar-refractivity contribution in [3.05, 3.63) is 0 Å². The van der Waals surface area contributed by atoms with Gasteiger partial charge in [-0.05, 0) is 27.2 Å². The first-order valence-corrected chi connectivity index (χ1v) is 4.30. The molecule has 0 unspecified atom stereocenters. The van der Waals surface area contributed by atoms with Crippen molar-refractivity contribution in [3.8, 4) is 0 Å². The topological polar surface area (TPSA) is 18.5 Å². The van der Waals surface area contributed by atoms with Crippen molar-refractivity contribution in [2.24, 2.45) is 0 Å². The lowest BCUT2D eigenvalue weighted by Crippen LogP contribution is -2.55. The minimum Gasteiger partial charge on any atom is -0.370 e. The smallest absolute Gasteiger partial charge is 0.0935 e. The van der Waals surface area contributed by atoms with Crippen LogP contribution < -0.4 is 0 Å². The summed E-state index contributed by atoms with van der Waals surface area (Å²) < 4.78 is 11.4. The molecule has 1 heterocycles. The van der Waals surface area contributed by atoms with Crippen molar-refractivity contribution < 1.29 is 9.47 Å². The predicted molar refractivity (Wildman–Crippen MR) is 44.7 cm³/mol. The zero-order chi connectivity index (χ0) is 8.54. The molecule has 0 bridgehead atoms. The van der Waals surface area contributed by atoms with Crippen molar-refractivity contribution in [1.82, 2.24) is 0 Å². The standard InChI is InChI=1S/C9H18O2/c1-5-9(4)8(2,3)10-6-7-11-9/h5-7H2,1-4H3/t9-/m1/s1. The fourth-order valence-electron chi connectivity index (χ4n) is 1.42. The normalized spacial score (nSPS) is 37.1. The molecule has 0 N–H and O–H groups in total. The first-order chi connectivity index (χ1) is 5.02. The Morgan fingerprint density at radius 1 is 1.09 bits per heavy atom. The molecule has 0 radical (unpaired) electrons. The summed E-state index contributed by atoms with van der Waals surface area (Å²) in [5.41, 5.74) is -0.245. The third-order valence-corrected chi connectivity index (χ3v) is 2.92. The van der Waals surface area contributed by atoms with Gasteiger partial charge in [-0.15, -0.1) is 0 Å². The van der Waals surface area contributed by atoms with Crippen molar-refractivity contribution >= 4 is 0 Å². The van der Waals surface area contributed by atoms with Crippen LogP contribution in [0, 0.1) is 0 Å². The van der Waals surface area contributed by atoms with Crippen LogP contribution >= 0.6 is 0 Å². The Morgan fingerprint density at radius 3 is 2.00 bits per heavy atom. The molecule has 0 aromatic heterocycles. The van der Waals surface area contributed by atoms with Crippen LogP contribution in [0.4, 0.5) is 0 Å². The van der Waals surface area contributed by atoms with Crippen molar-refractivity contribution in [1.29, 1.82) is 0 Å². The molecule has 11 heavy (non-hydrogen) atoms. The van der Waals surface area contributed by atoms with Crippen LogP contribution in [-0.2, 0) is 9.47 Å². The van der Waals surface area contributed by atoms with Crippen LogP contribution in [0.5, 0.6) is 0 Å². The molecule has 1 aliphatic rings. The molecule has 1 atom stereocenters. The lowest BCUT2D eigenvalue weighted by molar-refractivity contribution is -0.239. The van der Waals surface area contributed by atoms with Crippen LogP contribution in [0.1, 0.15) is 34.1 Å². The third-order valence-electron chi connectivity index (χ3n) is 2.92. The van der Waals surface area contributed by atoms with E-state index >= 15 is 0 Å². The second kappa shape index (κ2) is 2.76. The summed E-state index contributed by atoms with van der Waals surface area (Å²) in [5, 5.41) is 0. The Balaban J connectivity index is 2.74.